The Hall–Kier alpha value is -2.94. The lowest BCUT2D eigenvalue weighted by Crippen LogP contribution is -2.59. The Morgan fingerprint density at radius 2 is 1.94 bits per heavy atom. The molecule has 2 aromatic rings. The van der Waals surface area contributed by atoms with Gasteiger partial charge in [-0.15, -0.1) is 5.10 Å². The zero-order valence-electron chi connectivity index (χ0n) is 18.3. The number of anilines is 1. The molecular formula is C23H31N7O2. The second-order valence-electron chi connectivity index (χ2n) is 9.49. The van der Waals surface area contributed by atoms with Gasteiger partial charge in [0, 0.05) is 42.8 Å². The van der Waals surface area contributed by atoms with Crippen molar-refractivity contribution in [3.05, 3.63) is 30.5 Å². The first-order valence-electron chi connectivity index (χ1n) is 11.6. The van der Waals surface area contributed by atoms with Crippen LogP contribution in [0.15, 0.2) is 30.5 Å². The summed E-state index contributed by atoms with van der Waals surface area (Å²) in [5, 5.41) is 8.66. The number of nitrogens with zero attached hydrogens (tertiary/aromatic N) is 5. The highest BCUT2D eigenvalue weighted by Gasteiger charge is 2.45. The number of primary amides is 1. The van der Waals surface area contributed by atoms with E-state index in [1.54, 1.807) is 0 Å². The molecule has 9 heteroatoms. The Morgan fingerprint density at radius 1 is 1.12 bits per heavy atom. The SMILES string of the molecule is NC(=O)C1CCN(C(=O)[C@H]2CN3CC[C@@H]2C[C@@H]3Cn2cc(-c3cccc(N)c3)nn2)CC1. The largest absolute Gasteiger partial charge is 0.399 e. The molecule has 0 aliphatic carbocycles. The number of likely N-dealkylation sites (tertiary alicyclic amines) is 1. The standard InChI is InChI=1S/C23H31N7O2/c24-18-3-1-2-17(10-18)21-14-30(27-26-21)12-19-11-16-6-9-29(19)13-20(16)23(32)28-7-4-15(5-8-28)22(25)31/h1-3,10,14-16,19-20H,4-9,11-13,24H2,(H2,25,31)/t16-,19-,20+/m1/s1. The molecule has 0 spiro atoms. The topological polar surface area (TPSA) is 123 Å². The third kappa shape index (κ3) is 4.09. The summed E-state index contributed by atoms with van der Waals surface area (Å²) in [7, 11) is 0. The van der Waals surface area contributed by atoms with E-state index in [1.165, 1.54) is 0 Å². The third-order valence-corrected chi connectivity index (χ3v) is 7.52. The molecule has 2 amide bonds. The van der Waals surface area contributed by atoms with Crippen LogP contribution in [0.3, 0.4) is 0 Å². The Kier molecular flexibility index (Phi) is 5.58. The quantitative estimate of drug-likeness (QED) is 0.672. The smallest absolute Gasteiger partial charge is 0.227 e. The lowest BCUT2D eigenvalue weighted by Gasteiger charge is -2.50. The minimum absolute atomic E-state index is 0.0590. The van der Waals surface area contributed by atoms with Gasteiger partial charge in [0.1, 0.15) is 5.69 Å². The lowest BCUT2D eigenvalue weighted by molar-refractivity contribution is -0.146. The van der Waals surface area contributed by atoms with Crippen LogP contribution in [0, 0.1) is 17.8 Å². The number of benzene rings is 1. The summed E-state index contributed by atoms with van der Waals surface area (Å²) in [6, 6.07) is 8.04. The number of carbonyl (C=O) groups is 2. The monoisotopic (exact) mass is 437 g/mol. The molecule has 5 heterocycles. The molecule has 4 fully saturated rings. The Morgan fingerprint density at radius 3 is 2.62 bits per heavy atom. The zero-order chi connectivity index (χ0) is 22.2. The molecule has 32 heavy (non-hydrogen) atoms. The van der Waals surface area contributed by atoms with Gasteiger partial charge in [0.2, 0.25) is 11.8 Å². The number of aromatic nitrogens is 3. The lowest BCUT2D eigenvalue weighted by atomic mass is 9.74. The average molecular weight is 438 g/mol. The van der Waals surface area contributed by atoms with Gasteiger partial charge >= 0.3 is 0 Å². The highest BCUT2D eigenvalue weighted by atomic mass is 16.2. The molecule has 1 aromatic carbocycles. The van der Waals surface area contributed by atoms with E-state index in [9.17, 15) is 9.59 Å². The summed E-state index contributed by atoms with van der Waals surface area (Å²) in [6.07, 6.45) is 5.42. The molecule has 4 aliphatic heterocycles. The van der Waals surface area contributed by atoms with E-state index in [0.717, 1.165) is 43.7 Å². The molecule has 4 saturated heterocycles. The van der Waals surface area contributed by atoms with Crippen molar-refractivity contribution in [3.8, 4) is 11.3 Å². The zero-order valence-corrected chi connectivity index (χ0v) is 18.3. The van der Waals surface area contributed by atoms with Crippen LogP contribution < -0.4 is 11.5 Å². The van der Waals surface area contributed by atoms with E-state index in [-0.39, 0.29) is 23.7 Å². The van der Waals surface area contributed by atoms with E-state index < -0.39 is 0 Å². The maximum Gasteiger partial charge on any atom is 0.227 e. The fraction of sp³-hybridized carbons (Fsp3) is 0.565. The first kappa shape index (κ1) is 20.9. The number of hydrogen-bond acceptors (Lipinski definition) is 6. The maximum atomic E-state index is 13.2. The second-order valence-corrected chi connectivity index (χ2v) is 9.49. The fourth-order valence-electron chi connectivity index (χ4n) is 5.66. The number of piperidine rings is 4. The molecule has 6 rings (SSSR count). The fourth-order valence-corrected chi connectivity index (χ4v) is 5.66. The van der Waals surface area contributed by atoms with Gasteiger partial charge in [0.05, 0.1) is 18.7 Å². The van der Waals surface area contributed by atoms with Crippen LogP contribution in [-0.4, -0.2) is 68.8 Å². The van der Waals surface area contributed by atoms with Gasteiger partial charge in [0.25, 0.3) is 0 Å². The van der Waals surface area contributed by atoms with Gasteiger partial charge in [-0.2, -0.15) is 0 Å². The summed E-state index contributed by atoms with van der Waals surface area (Å²) in [6.45, 7) is 3.90. The van der Waals surface area contributed by atoms with Gasteiger partial charge in [-0.25, -0.2) is 0 Å². The number of rotatable bonds is 5. The summed E-state index contributed by atoms with van der Waals surface area (Å²) in [4.78, 5) is 29.0. The summed E-state index contributed by atoms with van der Waals surface area (Å²) >= 11 is 0. The highest BCUT2D eigenvalue weighted by Crippen LogP contribution is 2.38. The van der Waals surface area contributed by atoms with Crippen LogP contribution in [0.5, 0.6) is 0 Å². The van der Waals surface area contributed by atoms with Gasteiger partial charge in [-0.05, 0) is 50.3 Å². The molecule has 0 radical (unpaired) electrons. The molecule has 4 N–H and O–H groups in total. The molecule has 2 bridgehead atoms. The maximum absolute atomic E-state index is 13.2. The summed E-state index contributed by atoms with van der Waals surface area (Å²) in [5.74, 6) is 0.391. The van der Waals surface area contributed by atoms with Crippen LogP contribution in [-0.2, 0) is 16.1 Å². The predicted octanol–water partition coefficient (Wildman–Crippen LogP) is 0.962. The highest BCUT2D eigenvalue weighted by molar-refractivity contribution is 5.81. The molecule has 4 aliphatic rings. The first-order valence-corrected chi connectivity index (χ1v) is 11.6. The van der Waals surface area contributed by atoms with E-state index in [2.05, 4.69) is 15.2 Å². The van der Waals surface area contributed by atoms with Gasteiger partial charge < -0.3 is 16.4 Å². The summed E-state index contributed by atoms with van der Waals surface area (Å²) in [5.41, 5.74) is 13.8. The van der Waals surface area contributed by atoms with E-state index >= 15 is 0 Å². The molecule has 170 valence electrons. The van der Waals surface area contributed by atoms with Gasteiger partial charge in [-0.1, -0.05) is 17.3 Å². The van der Waals surface area contributed by atoms with Crippen molar-refractivity contribution in [2.75, 3.05) is 31.9 Å². The van der Waals surface area contributed by atoms with Crippen molar-refractivity contribution in [2.45, 2.75) is 38.3 Å². The normalized spacial score (nSPS) is 28.1. The molecule has 0 saturated carbocycles. The summed E-state index contributed by atoms with van der Waals surface area (Å²) < 4.78 is 1.91. The molecule has 9 nitrogen and oxygen atoms in total. The Bertz CT molecular complexity index is 998. The second kappa shape index (κ2) is 8.54. The number of carbonyl (C=O) groups excluding carboxylic acids is 2. The average Bonchev–Trinajstić information content (AvgIpc) is 3.27. The van der Waals surface area contributed by atoms with Crippen molar-refractivity contribution < 1.29 is 9.59 Å². The van der Waals surface area contributed by atoms with Crippen molar-refractivity contribution in [3.63, 3.8) is 0 Å². The van der Waals surface area contributed by atoms with Crippen LogP contribution in [0.2, 0.25) is 0 Å². The van der Waals surface area contributed by atoms with Gasteiger partial charge in [-0.3, -0.25) is 19.2 Å². The minimum atomic E-state index is -0.241. The van der Waals surface area contributed by atoms with Crippen molar-refractivity contribution in [1.29, 1.82) is 0 Å². The Labute approximate surface area is 187 Å². The van der Waals surface area contributed by atoms with E-state index in [1.807, 2.05) is 40.0 Å². The third-order valence-electron chi connectivity index (χ3n) is 7.52. The molecular weight excluding hydrogens is 406 g/mol. The number of amides is 2. The van der Waals surface area contributed by atoms with Crippen molar-refractivity contribution in [2.24, 2.45) is 23.5 Å². The molecule has 4 atom stereocenters. The predicted molar refractivity (Wildman–Crippen MR) is 120 cm³/mol. The van der Waals surface area contributed by atoms with E-state index in [0.29, 0.717) is 43.6 Å². The number of fused-ring (bicyclic) bond motifs is 3. The first-order chi connectivity index (χ1) is 15.5. The van der Waals surface area contributed by atoms with Crippen molar-refractivity contribution in [1.82, 2.24) is 24.8 Å². The van der Waals surface area contributed by atoms with Crippen LogP contribution in [0.4, 0.5) is 5.69 Å². The molecule has 1 unspecified atom stereocenters. The van der Waals surface area contributed by atoms with Crippen LogP contribution in [0.25, 0.3) is 11.3 Å². The van der Waals surface area contributed by atoms with E-state index in [4.69, 9.17) is 11.5 Å². The molecule has 1 aromatic heterocycles. The van der Waals surface area contributed by atoms with Crippen LogP contribution >= 0.6 is 0 Å². The number of hydrogen-bond donors (Lipinski definition) is 2. The number of nitrogen functional groups attached to an aromatic ring is 1. The van der Waals surface area contributed by atoms with Crippen LogP contribution in [0.1, 0.15) is 25.7 Å². The Balaban J connectivity index is 1.20. The van der Waals surface area contributed by atoms with Gasteiger partial charge in [0.15, 0.2) is 0 Å². The minimum Gasteiger partial charge on any atom is -0.399 e. The van der Waals surface area contributed by atoms with Crippen molar-refractivity contribution >= 4 is 17.5 Å². The number of nitrogens with two attached hydrogens (primary N) is 2.